The Morgan fingerprint density at radius 2 is 2.23 bits per heavy atom. The number of nitrogens with zero attached hydrogens (tertiary/aromatic N) is 1. The number of amidine groups is 1. The summed E-state index contributed by atoms with van der Waals surface area (Å²) in [4.78, 5) is 17.0. The Bertz CT molecular complexity index is 686. The fraction of sp³-hybridized carbons (Fsp3) is 0.200. The highest BCUT2D eigenvalue weighted by Crippen LogP contribution is 2.14. The lowest BCUT2D eigenvalue weighted by Gasteiger charge is -2.11. The molecule has 0 saturated carbocycles. The van der Waals surface area contributed by atoms with Crippen molar-refractivity contribution < 1.29 is 14.0 Å². The molecule has 5 nitrogen and oxygen atoms in total. The maximum absolute atomic E-state index is 13.4. The van der Waals surface area contributed by atoms with Crippen molar-refractivity contribution in [3.05, 3.63) is 52.0 Å². The van der Waals surface area contributed by atoms with Crippen LogP contribution in [0.3, 0.4) is 0 Å². The molecule has 0 spiro atoms. The number of benzene rings is 1. The van der Waals surface area contributed by atoms with Gasteiger partial charge in [-0.3, -0.25) is 4.79 Å². The van der Waals surface area contributed by atoms with Crippen molar-refractivity contribution in [1.29, 1.82) is 0 Å². The number of amides is 1. The van der Waals surface area contributed by atoms with Crippen LogP contribution < -0.4 is 11.1 Å². The Labute approximate surface area is 131 Å². The molecule has 1 atom stereocenters. The molecule has 7 heteroatoms. The van der Waals surface area contributed by atoms with E-state index in [1.54, 1.807) is 25.1 Å². The molecule has 0 aliphatic carbocycles. The molecule has 0 aliphatic rings. The Kier molecular flexibility index (Phi) is 5.11. The summed E-state index contributed by atoms with van der Waals surface area (Å²) < 4.78 is 13.4. The first kappa shape index (κ1) is 16.0. The third-order valence-corrected chi connectivity index (χ3v) is 3.62. The molecule has 1 heterocycles. The second-order valence-corrected chi connectivity index (χ2v) is 5.47. The highest BCUT2D eigenvalue weighted by Gasteiger charge is 2.15. The lowest BCUT2D eigenvalue weighted by Crippen LogP contribution is -2.27. The van der Waals surface area contributed by atoms with Crippen molar-refractivity contribution in [2.45, 2.75) is 20.0 Å². The van der Waals surface area contributed by atoms with Crippen LogP contribution in [0.4, 0.5) is 10.1 Å². The van der Waals surface area contributed by atoms with Crippen molar-refractivity contribution in [3.63, 3.8) is 0 Å². The van der Waals surface area contributed by atoms with Gasteiger partial charge in [0, 0.05) is 16.6 Å². The van der Waals surface area contributed by atoms with Crippen LogP contribution in [0, 0.1) is 12.7 Å². The Hall–Kier alpha value is -2.41. The van der Waals surface area contributed by atoms with Gasteiger partial charge in [0.1, 0.15) is 5.82 Å². The number of thiophene rings is 1. The van der Waals surface area contributed by atoms with E-state index in [9.17, 15) is 9.18 Å². The third-order valence-electron chi connectivity index (χ3n) is 2.93. The normalized spacial score (nSPS) is 12.8. The summed E-state index contributed by atoms with van der Waals surface area (Å²) in [7, 11) is 0. The van der Waals surface area contributed by atoms with Crippen molar-refractivity contribution in [1.82, 2.24) is 0 Å². The molecule has 2 aromatic rings. The van der Waals surface area contributed by atoms with E-state index in [0.717, 1.165) is 5.56 Å². The Morgan fingerprint density at radius 1 is 1.45 bits per heavy atom. The molecule has 0 aliphatic heterocycles. The van der Waals surface area contributed by atoms with E-state index in [1.165, 1.54) is 24.3 Å². The largest absolute Gasteiger partial charge is 0.381 e. The van der Waals surface area contributed by atoms with Crippen molar-refractivity contribution >= 4 is 28.8 Å². The van der Waals surface area contributed by atoms with Gasteiger partial charge in [-0.1, -0.05) is 11.2 Å². The molecule has 0 radical (unpaired) electrons. The second kappa shape index (κ2) is 7.04. The smallest absolute Gasteiger partial charge is 0.267 e. The second-order valence-electron chi connectivity index (χ2n) is 4.69. The van der Waals surface area contributed by atoms with Crippen LogP contribution in [-0.2, 0) is 9.63 Å². The predicted molar refractivity (Wildman–Crippen MR) is 85.4 cm³/mol. The van der Waals surface area contributed by atoms with Gasteiger partial charge < -0.3 is 15.9 Å². The quantitative estimate of drug-likeness (QED) is 0.505. The number of carbonyl (C=O) groups is 1. The summed E-state index contributed by atoms with van der Waals surface area (Å²) in [6.07, 6.45) is -0.860. The van der Waals surface area contributed by atoms with Gasteiger partial charge in [-0.25, -0.2) is 4.39 Å². The number of nitrogens with two attached hydrogens (primary N) is 1. The van der Waals surface area contributed by atoms with Gasteiger partial charge in [0.15, 0.2) is 5.84 Å². The molecule has 3 N–H and O–H groups in total. The van der Waals surface area contributed by atoms with Crippen LogP contribution in [0.1, 0.15) is 18.1 Å². The first-order valence-electron chi connectivity index (χ1n) is 6.56. The lowest BCUT2D eigenvalue weighted by atomic mass is 10.2. The summed E-state index contributed by atoms with van der Waals surface area (Å²) in [6.45, 7) is 3.18. The van der Waals surface area contributed by atoms with E-state index in [2.05, 4.69) is 10.5 Å². The topological polar surface area (TPSA) is 76.7 Å². The molecule has 2 rings (SSSR count). The summed E-state index contributed by atoms with van der Waals surface area (Å²) in [5.41, 5.74) is 7.33. The number of aryl methyl sites for hydroxylation is 1. The molecule has 116 valence electrons. The average Bonchev–Trinajstić information content (AvgIpc) is 3.02. The summed E-state index contributed by atoms with van der Waals surface area (Å²) in [6, 6.07) is 6.25. The number of carbonyl (C=O) groups excluding carboxylic acids is 1. The van der Waals surface area contributed by atoms with Gasteiger partial charge in [-0.15, -0.1) is 0 Å². The van der Waals surface area contributed by atoms with Crippen molar-refractivity contribution in [2.75, 3.05) is 5.32 Å². The van der Waals surface area contributed by atoms with E-state index in [-0.39, 0.29) is 11.7 Å². The molecule has 1 aromatic heterocycles. The van der Waals surface area contributed by atoms with Gasteiger partial charge in [0.2, 0.25) is 6.10 Å². The Balaban J connectivity index is 1.94. The predicted octanol–water partition coefficient (Wildman–Crippen LogP) is 2.86. The number of hydrogen-bond donors (Lipinski definition) is 2. The van der Waals surface area contributed by atoms with E-state index >= 15 is 0 Å². The van der Waals surface area contributed by atoms with Crippen LogP contribution >= 0.6 is 11.3 Å². The molecule has 1 aromatic carbocycles. The van der Waals surface area contributed by atoms with Gasteiger partial charge in [-0.05, 0) is 43.0 Å². The fourth-order valence-electron chi connectivity index (χ4n) is 1.56. The third kappa shape index (κ3) is 4.05. The summed E-state index contributed by atoms with van der Waals surface area (Å²) >= 11 is 1.48. The maximum Gasteiger partial charge on any atom is 0.267 e. The number of oxime groups is 1. The SMILES string of the molecule is Cc1ccc(NC(=O)C(C)O/N=C(\N)c2ccsc2)cc1F. The number of rotatable bonds is 5. The molecule has 0 saturated heterocycles. The minimum atomic E-state index is -0.860. The van der Waals surface area contributed by atoms with E-state index in [0.29, 0.717) is 11.3 Å². The lowest BCUT2D eigenvalue weighted by molar-refractivity contribution is -0.126. The first-order chi connectivity index (χ1) is 10.5. The van der Waals surface area contributed by atoms with Gasteiger partial charge in [-0.2, -0.15) is 11.3 Å². The summed E-state index contributed by atoms with van der Waals surface area (Å²) in [5, 5.41) is 9.97. The van der Waals surface area contributed by atoms with Crippen LogP contribution in [0.5, 0.6) is 0 Å². The maximum atomic E-state index is 13.4. The molecule has 0 fully saturated rings. The van der Waals surface area contributed by atoms with Crippen LogP contribution in [0.15, 0.2) is 40.2 Å². The number of nitrogens with one attached hydrogen (secondary N) is 1. The standard InChI is InChI=1S/C15H16FN3O2S/c1-9-3-4-12(7-13(9)16)18-15(20)10(2)21-19-14(17)11-5-6-22-8-11/h3-8,10H,1-2H3,(H2,17,19)(H,18,20). The van der Waals surface area contributed by atoms with Gasteiger partial charge in [0.05, 0.1) is 0 Å². The number of anilines is 1. The highest BCUT2D eigenvalue weighted by molar-refractivity contribution is 7.08. The zero-order valence-electron chi connectivity index (χ0n) is 12.2. The van der Waals surface area contributed by atoms with Crippen LogP contribution in [0.2, 0.25) is 0 Å². The minimum Gasteiger partial charge on any atom is -0.381 e. The van der Waals surface area contributed by atoms with E-state index in [4.69, 9.17) is 10.6 Å². The molecule has 0 bridgehead atoms. The molecule has 1 amide bonds. The Morgan fingerprint density at radius 3 is 2.86 bits per heavy atom. The molecule has 22 heavy (non-hydrogen) atoms. The van der Waals surface area contributed by atoms with Crippen LogP contribution in [-0.4, -0.2) is 17.8 Å². The zero-order chi connectivity index (χ0) is 16.1. The number of halogens is 1. The van der Waals surface area contributed by atoms with E-state index in [1.807, 2.05) is 10.8 Å². The zero-order valence-corrected chi connectivity index (χ0v) is 13.0. The van der Waals surface area contributed by atoms with Gasteiger partial charge in [0.25, 0.3) is 5.91 Å². The van der Waals surface area contributed by atoms with Crippen LogP contribution in [0.25, 0.3) is 0 Å². The van der Waals surface area contributed by atoms with Crippen molar-refractivity contribution in [3.8, 4) is 0 Å². The van der Waals surface area contributed by atoms with Gasteiger partial charge >= 0.3 is 0 Å². The molecular weight excluding hydrogens is 305 g/mol. The number of hydrogen-bond acceptors (Lipinski definition) is 4. The summed E-state index contributed by atoms with van der Waals surface area (Å²) in [5.74, 6) is -0.626. The fourth-order valence-corrected chi connectivity index (χ4v) is 2.21. The minimum absolute atomic E-state index is 0.197. The van der Waals surface area contributed by atoms with E-state index < -0.39 is 12.0 Å². The van der Waals surface area contributed by atoms with Crippen molar-refractivity contribution in [2.24, 2.45) is 10.9 Å². The highest BCUT2D eigenvalue weighted by atomic mass is 32.1. The monoisotopic (exact) mass is 321 g/mol. The average molecular weight is 321 g/mol. The molecular formula is C15H16FN3O2S. The molecule has 1 unspecified atom stereocenters. The first-order valence-corrected chi connectivity index (χ1v) is 7.50.